The number of amides is 2. The fourth-order valence-electron chi connectivity index (χ4n) is 2.27. The van der Waals surface area contributed by atoms with Crippen molar-refractivity contribution in [3.05, 3.63) is 0 Å². The predicted molar refractivity (Wildman–Crippen MR) is 101 cm³/mol. The molecule has 0 aliphatic carbocycles. The molecule has 0 aromatic heterocycles. The number of thiol groups is 1. The van der Waals surface area contributed by atoms with Crippen molar-refractivity contribution in [2.75, 3.05) is 18.8 Å². The van der Waals surface area contributed by atoms with Gasteiger partial charge >= 0.3 is 0 Å². The Hall–Kier alpha value is -0.710. The molecule has 0 aromatic rings. The number of nitrogens with one attached hydrogen (secondary N) is 2. The van der Waals surface area contributed by atoms with Gasteiger partial charge in [0.05, 0.1) is 0 Å². The normalized spacial score (nSPS) is 11.3. The van der Waals surface area contributed by atoms with Gasteiger partial charge in [-0.2, -0.15) is 12.6 Å². The summed E-state index contributed by atoms with van der Waals surface area (Å²) in [6, 6.07) is 0. The summed E-state index contributed by atoms with van der Waals surface area (Å²) in [6.07, 6.45) is 8.11. The fourth-order valence-corrected chi connectivity index (χ4v) is 2.50. The highest BCUT2D eigenvalue weighted by atomic mass is 32.1. The van der Waals surface area contributed by atoms with Crippen LogP contribution in [-0.4, -0.2) is 30.7 Å². The number of rotatable bonds is 14. The number of hydrogen-bond acceptors (Lipinski definition) is 3. The van der Waals surface area contributed by atoms with Crippen LogP contribution in [0.4, 0.5) is 0 Å². The summed E-state index contributed by atoms with van der Waals surface area (Å²) < 4.78 is 0. The van der Waals surface area contributed by atoms with Gasteiger partial charge in [-0.1, -0.05) is 33.6 Å². The average molecular weight is 345 g/mol. The van der Waals surface area contributed by atoms with E-state index in [1.807, 2.05) is 0 Å². The Morgan fingerprint density at radius 3 is 1.78 bits per heavy atom. The summed E-state index contributed by atoms with van der Waals surface area (Å²) in [7, 11) is 0. The third-order valence-corrected chi connectivity index (χ3v) is 4.38. The van der Waals surface area contributed by atoms with Crippen LogP contribution in [0.25, 0.3) is 0 Å². The molecule has 0 rings (SSSR count). The van der Waals surface area contributed by atoms with Crippen molar-refractivity contribution in [3.8, 4) is 0 Å². The summed E-state index contributed by atoms with van der Waals surface area (Å²) in [5, 5.41) is 5.91. The third-order valence-electron chi connectivity index (χ3n) is 4.07. The molecule has 23 heavy (non-hydrogen) atoms. The van der Waals surface area contributed by atoms with Gasteiger partial charge in [-0.05, 0) is 43.3 Å². The topological polar surface area (TPSA) is 58.2 Å². The quantitative estimate of drug-likeness (QED) is 0.332. The second-order valence-corrected chi connectivity index (χ2v) is 7.45. The van der Waals surface area contributed by atoms with E-state index in [1.165, 1.54) is 6.42 Å². The minimum absolute atomic E-state index is 0.0171. The number of hydrogen-bond donors (Lipinski definition) is 3. The van der Waals surface area contributed by atoms with Gasteiger partial charge in [0.25, 0.3) is 0 Å². The van der Waals surface area contributed by atoms with Gasteiger partial charge < -0.3 is 10.6 Å². The Kier molecular flexibility index (Phi) is 13.3. The monoisotopic (exact) mass is 344 g/mol. The van der Waals surface area contributed by atoms with Crippen molar-refractivity contribution in [1.29, 1.82) is 0 Å². The lowest BCUT2D eigenvalue weighted by molar-refractivity contribution is -0.121. The maximum Gasteiger partial charge on any atom is 0.220 e. The largest absolute Gasteiger partial charge is 0.356 e. The van der Waals surface area contributed by atoms with E-state index in [0.717, 1.165) is 57.4 Å². The van der Waals surface area contributed by atoms with E-state index >= 15 is 0 Å². The molecule has 5 heteroatoms. The highest BCUT2D eigenvalue weighted by molar-refractivity contribution is 7.80. The van der Waals surface area contributed by atoms with Crippen molar-refractivity contribution in [1.82, 2.24) is 10.6 Å². The van der Waals surface area contributed by atoms with Crippen molar-refractivity contribution < 1.29 is 9.59 Å². The van der Waals surface area contributed by atoms with Gasteiger partial charge in [-0.15, -0.1) is 0 Å². The fraction of sp³-hybridized carbons (Fsp3) is 0.889. The second-order valence-electron chi connectivity index (χ2n) is 7.00. The summed E-state index contributed by atoms with van der Waals surface area (Å²) >= 11 is 4.15. The Morgan fingerprint density at radius 1 is 0.870 bits per heavy atom. The summed E-state index contributed by atoms with van der Waals surface area (Å²) in [5.74, 6) is 1.11. The molecule has 0 bridgehead atoms. The molecule has 0 saturated heterocycles. The van der Waals surface area contributed by atoms with Crippen LogP contribution in [0.3, 0.4) is 0 Å². The smallest absolute Gasteiger partial charge is 0.220 e. The van der Waals surface area contributed by atoms with Crippen molar-refractivity contribution >= 4 is 24.4 Å². The molecule has 0 fully saturated rings. The van der Waals surface area contributed by atoms with Crippen LogP contribution in [0, 0.1) is 5.41 Å². The van der Waals surface area contributed by atoms with Crippen molar-refractivity contribution in [2.24, 2.45) is 5.41 Å². The van der Waals surface area contributed by atoms with E-state index in [2.05, 4.69) is 44.0 Å². The van der Waals surface area contributed by atoms with E-state index < -0.39 is 0 Å². The third kappa shape index (κ3) is 14.6. The van der Waals surface area contributed by atoms with Crippen LogP contribution in [0.2, 0.25) is 0 Å². The predicted octanol–water partition coefficient (Wildman–Crippen LogP) is 3.71. The molecule has 0 heterocycles. The molecule has 0 aromatic carbocycles. The molecule has 2 amide bonds. The molecule has 136 valence electrons. The lowest BCUT2D eigenvalue weighted by Gasteiger charge is -2.24. The standard InChI is InChI=1S/C18H36N2O2S/c1-4-5-6-13-19-16(21)9-11-18(2,3)12-10-17(22)20-14-7-8-15-23/h23H,4-15H2,1-3H3,(H,19,21)(H,20,22). The van der Waals surface area contributed by atoms with Crippen LogP contribution in [0.15, 0.2) is 0 Å². The summed E-state index contributed by atoms with van der Waals surface area (Å²) in [5.41, 5.74) is 0.0171. The lowest BCUT2D eigenvalue weighted by Crippen LogP contribution is -2.28. The minimum atomic E-state index is 0.0171. The molecule has 0 unspecified atom stereocenters. The van der Waals surface area contributed by atoms with E-state index in [-0.39, 0.29) is 17.2 Å². The Morgan fingerprint density at radius 2 is 1.35 bits per heavy atom. The molecule has 2 N–H and O–H groups in total. The Labute approximate surface area is 148 Å². The second kappa shape index (κ2) is 13.7. The van der Waals surface area contributed by atoms with Gasteiger partial charge in [0.1, 0.15) is 0 Å². The molecule has 0 saturated carbocycles. The molecule has 0 aliphatic rings. The van der Waals surface area contributed by atoms with Gasteiger partial charge in [0.15, 0.2) is 0 Å². The molecular formula is C18H36N2O2S. The number of carbonyl (C=O) groups excluding carboxylic acids is 2. The van der Waals surface area contributed by atoms with E-state index in [0.29, 0.717) is 12.8 Å². The summed E-state index contributed by atoms with van der Waals surface area (Å²) in [6.45, 7) is 7.93. The van der Waals surface area contributed by atoms with Gasteiger partial charge in [-0.3, -0.25) is 9.59 Å². The molecule has 0 aliphatic heterocycles. The van der Waals surface area contributed by atoms with Crippen LogP contribution in [-0.2, 0) is 9.59 Å². The van der Waals surface area contributed by atoms with Crippen LogP contribution < -0.4 is 10.6 Å². The Bertz CT molecular complexity index is 303. The maximum atomic E-state index is 11.8. The van der Waals surface area contributed by atoms with Gasteiger partial charge in [-0.25, -0.2) is 0 Å². The van der Waals surface area contributed by atoms with Crippen LogP contribution in [0.5, 0.6) is 0 Å². The SMILES string of the molecule is CCCCCNC(=O)CCC(C)(C)CCC(=O)NCCCCS. The lowest BCUT2D eigenvalue weighted by atomic mass is 9.83. The van der Waals surface area contributed by atoms with Gasteiger partial charge in [0, 0.05) is 25.9 Å². The first-order valence-electron chi connectivity index (χ1n) is 9.05. The van der Waals surface area contributed by atoms with E-state index in [4.69, 9.17) is 0 Å². The van der Waals surface area contributed by atoms with E-state index in [9.17, 15) is 9.59 Å². The average Bonchev–Trinajstić information content (AvgIpc) is 2.52. The molecule has 0 spiro atoms. The maximum absolute atomic E-state index is 11.8. The van der Waals surface area contributed by atoms with Crippen LogP contribution >= 0.6 is 12.6 Å². The number of carbonyl (C=O) groups is 2. The minimum Gasteiger partial charge on any atom is -0.356 e. The zero-order valence-electron chi connectivity index (χ0n) is 15.2. The highest BCUT2D eigenvalue weighted by Gasteiger charge is 2.20. The molecule has 0 radical (unpaired) electrons. The van der Waals surface area contributed by atoms with E-state index in [1.54, 1.807) is 0 Å². The van der Waals surface area contributed by atoms with Crippen molar-refractivity contribution in [2.45, 2.75) is 78.6 Å². The molecular weight excluding hydrogens is 308 g/mol. The zero-order chi connectivity index (χ0) is 17.6. The van der Waals surface area contributed by atoms with Crippen LogP contribution in [0.1, 0.15) is 78.6 Å². The zero-order valence-corrected chi connectivity index (χ0v) is 16.1. The summed E-state index contributed by atoms with van der Waals surface area (Å²) in [4.78, 5) is 23.6. The first-order chi connectivity index (χ1) is 10.9. The first-order valence-corrected chi connectivity index (χ1v) is 9.69. The van der Waals surface area contributed by atoms with Crippen molar-refractivity contribution in [3.63, 3.8) is 0 Å². The molecule has 4 nitrogen and oxygen atoms in total. The highest BCUT2D eigenvalue weighted by Crippen LogP contribution is 2.28. The van der Waals surface area contributed by atoms with Gasteiger partial charge in [0.2, 0.25) is 11.8 Å². The number of unbranched alkanes of at least 4 members (excludes halogenated alkanes) is 3. The first kappa shape index (κ1) is 22.3. The Balaban J connectivity index is 3.78. The molecule has 0 atom stereocenters.